The number of phenols is 1. The second-order valence-electron chi connectivity index (χ2n) is 5.03. The quantitative estimate of drug-likeness (QED) is 0.881. The molecule has 0 unspecified atom stereocenters. The van der Waals surface area contributed by atoms with Crippen molar-refractivity contribution in [3.05, 3.63) is 27.2 Å². The van der Waals surface area contributed by atoms with Gasteiger partial charge in [-0.25, -0.2) is 0 Å². The SMILES string of the molecule is Cc1cc(O)c([C@@H](C)N2CCNCC2)c(C)c1Br. The van der Waals surface area contributed by atoms with Gasteiger partial charge in [-0.2, -0.15) is 0 Å². The van der Waals surface area contributed by atoms with Gasteiger partial charge in [-0.05, 0) is 38.0 Å². The van der Waals surface area contributed by atoms with Crippen LogP contribution in [-0.4, -0.2) is 36.2 Å². The van der Waals surface area contributed by atoms with Crippen LogP contribution < -0.4 is 5.32 Å². The molecule has 0 aromatic heterocycles. The standard InChI is InChI=1S/C14H21BrN2O/c1-9-8-12(18)13(10(2)14(9)15)11(3)17-6-4-16-5-7-17/h8,11,16,18H,4-7H2,1-3H3/t11-/m1/s1. The van der Waals surface area contributed by atoms with Crippen molar-refractivity contribution in [3.8, 4) is 5.75 Å². The molecule has 0 amide bonds. The Kier molecular flexibility index (Phi) is 4.30. The Hall–Kier alpha value is -0.580. The zero-order valence-corrected chi connectivity index (χ0v) is 12.8. The molecule has 0 bridgehead atoms. The fraction of sp³-hybridized carbons (Fsp3) is 0.571. The lowest BCUT2D eigenvalue weighted by Gasteiger charge is -2.34. The number of rotatable bonds is 2. The highest BCUT2D eigenvalue weighted by Gasteiger charge is 2.23. The Morgan fingerprint density at radius 3 is 2.56 bits per heavy atom. The number of halogens is 1. The molecule has 0 radical (unpaired) electrons. The number of piperazine rings is 1. The van der Waals surface area contributed by atoms with Gasteiger partial charge < -0.3 is 10.4 Å². The normalized spacial score (nSPS) is 18.9. The Labute approximate surface area is 117 Å². The lowest BCUT2D eigenvalue weighted by molar-refractivity contribution is 0.182. The van der Waals surface area contributed by atoms with E-state index >= 15 is 0 Å². The molecule has 4 heteroatoms. The molecule has 2 N–H and O–H groups in total. The van der Waals surface area contributed by atoms with Crippen molar-refractivity contribution in [2.75, 3.05) is 26.2 Å². The maximum atomic E-state index is 10.2. The van der Waals surface area contributed by atoms with Crippen molar-refractivity contribution in [2.45, 2.75) is 26.8 Å². The summed E-state index contributed by atoms with van der Waals surface area (Å²) in [6, 6.07) is 2.11. The van der Waals surface area contributed by atoms with Gasteiger partial charge in [-0.15, -0.1) is 0 Å². The van der Waals surface area contributed by atoms with Crippen LogP contribution in [0.4, 0.5) is 0 Å². The summed E-state index contributed by atoms with van der Waals surface area (Å²) in [5.74, 6) is 0.416. The van der Waals surface area contributed by atoms with Crippen molar-refractivity contribution in [2.24, 2.45) is 0 Å². The molecule has 0 aliphatic carbocycles. The van der Waals surface area contributed by atoms with E-state index in [-0.39, 0.29) is 6.04 Å². The van der Waals surface area contributed by atoms with E-state index in [9.17, 15) is 5.11 Å². The predicted molar refractivity (Wildman–Crippen MR) is 78.1 cm³/mol. The number of aromatic hydroxyl groups is 1. The summed E-state index contributed by atoms with van der Waals surface area (Å²) in [4.78, 5) is 2.42. The van der Waals surface area contributed by atoms with E-state index in [1.807, 2.05) is 13.0 Å². The molecule has 1 saturated heterocycles. The Bertz CT molecular complexity index is 442. The van der Waals surface area contributed by atoms with Gasteiger partial charge >= 0.3 is 0 Å². The third kappa shape index (κ3) is 2.56. The van der Waals surface area contributed by atoms with Crippen LogP contribution in [0.5, 0.6) is 5.75 Å². The lowest BCUT2D eigenvalue weighted by atomic mass is 9.97. The summed E-state index contributed by atoms with van der Waals surface area (Å²) < 4.78 is 1.11. The third-order valence-corrected chi connectivity index (χ3v) is 5.05. The smallest absolute Gasteiger partial charge is 0.120 e. The van der Waals surface area contributed by atoms with Gasteiger partial charge in [0.25, 0.3) is 0 Å². The van der Waals surface area contributed by atoms with Crippen LogP contribution in [0, 0.1) is 13.8 Å². The first-order chi connectivity index (χ1) is 8.52. The number of phenolic OH excluding ortho intramolecular Hbond substituents is 1. The monoisotopic (exact) mass is 312 g/mol. The van der Waals surface area contributed by atoms with E-state index in [2.05, 4.69) is 40.0 Å². The van der Waals surface area contributed by atoms with E-state index in [0.717, 1.165) is 47.3 Å². The highest BCUT2D eigenvalue weighted by atomic mass is 79.9. The van der Waals surface area contributed by atoms with E-state index in [1.165, 1.54) is 0 Å². The third-order valence-electron chi connectivity index (χ3n) is 3.83. The van der Waals surface area contributed by atoms with Gasteiger partial charge in [0.15, 0.2) is 0 Å². The fourth-order valence-electron chi connectivity index (χ4n) is 2.73. The number of hydrogen-bond acceptors (Lipinski definition) is 3. The Balaban J connectivity index is 2.34. The molecule has 1 aliphatic heterocycles. The largest absolute Gasteiger partial charge is 0.508 e. The minimum Gasteiger partial charge on any atom is -0.508 e. The van der Waals surface area contributed by atoms with Crippen LogP contribution in [0.1, 0.15) is 29.7 Å². The lowest BCUT2D eigenvalue weighted by Crippen LogP contribution is -2.44. The Morgan fingerprint density at radius 1 is 1.33 bits per heavy atom. The first kappa shape index (κ1) is 13.8. The average molecular weight is 313 g/mol. The van der Waals surface area contributed by atoms with Gasteiger partial charge in [-0.1, -0.05) is 15.9 Å². The summed E-state index contributed by atoms with van der Waals surface area (Å²) in [5, 5.41) is 13.6. The molecule has 1 aromatic carbocycles. The Morgan fingerprint density at radius 2 is 1.94 bits per heavy atom. The second-order valence-corrected chi connectivity index (χ2v) is 5.82. The van der Waals surface area contributed by atoms with Gasteiger partial charge in [0.05, 0.1) is 0 Å². The van der Waals surface area contributed by atoms with Crippen LogP contribution in [-0.2, 0) is 0 Å². The fourth-order valence-corrected chi connectivity index (χ4v) is 3.06. The van der Waals surface area contributed by atoms with Gasteiger partial charge in [0, 0.05) is 42.3 Å². The van der Waals surface area contributed by atoms with E-state index in [1.54, 1.807) is 0 Å². The molecule has 1 heterocycles. The molecule has 100 valence electrons. The molecule has 0 saturated carbocycles. The van der Waals surface area contributed by atoms with Crippen LogP contribution in [0.15, 0.2) is 10.5 Å². The first-order valence-electron chi connectivity index (χ1n) is 6.45. The van der Waals surface area contributed by atoms with Crippen LogP contribution in [0.3, 0.4) is 0 Å². The van der Waals surface area contributed by atoms with Crippen LogP contribution in [0.2, 0.25) is 0 Å². The topological polar surface area (TPSA) is 35.5 Å². The van der Waals surface area contributed by atoms with Crippen molar-refractivity contribution in [1.82, 2.24) is 10.2 Å². The highest BCUT2D eigenvalue weighted by Crippen LogP contribution is 2.37. The van der Waals surface area contributed by atoms with Gasteiger partial charge in [-0.3, -0.25) is 4.90 Å². The number of aryl methyl sites for hydroxylation is 1. The van der Waals surface area contributed by atoms with Crippen molar-refractivity contribution < 1.29 is 5.11 Å². The van der Waals surface area contributed by atoms with Crippen LogP contribution in [0.25, 0.3) is 0 Å². The number of nitrogens with zero attached hydrogens (tertiary/aromatic N) is 1. The maximum absolute atomic E-state index is 10.2. The molecule has 0 spiro atoms. The summed E-state index contributed by atoms with van der Waals surface area (Å²) in [6.45, 7) is 10.4. The van der Waals surface area contributed by atoms with E-state index < -0.39 is 0 Å². The summed E-state index contributed by atoms with van der Waals surface area (Å²) in [5.41, 5.74) is 3.29. The molecule has 2 rings (SSSR count). The average Bonchev–Trinajstić information content (AvgIpc) is 2.37. The van der Waals surface area contributed by atoms with Crippen molar-refractivity contribution >= 4 is 15.9 Å². The molecular weight excluding hydrogens is 292 g/mol. The zero-order valence-electron chi connectivity index (χ0n) is 11.3. The maximum Gasteiger partial charge on any atom is 0.120 e. The minimum absolute atomic E-state index is 0.254. The summed E-state index contributed by atoms with van der Waals surface area (Å²) >= 11 is 3.61. The molecule has 1 aliphatic rings. The van der Waals surface area contributed by atoms with Gasteiger partial charge in [0.2, 0.25) is 0 Å². The van der Waals surface area contributed by atoms with Gasteiger partial charge in [0.1, 0.15) is 5.75 Å². The predicted octanol–water partition coefficient (Wildman–Crippen LogP) is 2.74. The zero-order chi connectivity index (χ0) is 13.3. The summed E-state index contributed by atoms with van der Waals surface area (Å²) in [6.07, 6.45) is 0. The number of benzene rings is 1. The van der Waals surface area contributed by atoms with E-state index in [0.29, 0.717) is 5.75 Å². The molecule has 18 heavy (non-hydrogen) atoms. The molecule has 1 fully saturated rings. The molecular formula is C14H21BrN2O. The van der Waals surface area contributed by atoms with Crippen molar-refractivity contribution in [3.63, 3.8) is 0 Å². The van der Waals surface area contributed by atoms with Crippen molar-refractivity contribution in [1.29, 1.82) is 0 Å². The highest BCUT2D eigenvalue weighted by molar-refractivity contribution is 9.10. The molecule has 1 aromatic rings. The number of nitrogens with one attached hydrogen (secondary N) is 1. The summed E-state index contributed by atoms with van der Waals surface area (Å²) in [7, 11) is 0. The second kappa shape index (κ2) is 5.59. The molecule has 3 nitrogen and oxygen atoms in total. The minimum atomic E-state index is 0.254. The number of hydrogen-bond donors (Lipinski definition) is 2. The first-order valence-corrected chi connectivity index (χ1v) is 7.25. The van der Waals surface area contributed by atoms with E-state index in [4.69, 9.17) is 0 Å². The van der Waals surface area contributed by atoms with Crippen LogP contribution >= 0.6 is 15.9 Å². The molecule has 1 atom stereocenters.